The summed E-state index contributed by atoms with van der Waals surface area (Å²) >= 11 is 0. The van der Waals surface area contributed by atoms with Gasteiger partial charge in [0.25, 0.3) is 0 Å². The molecule has 0 aliphatic rings. The van der Waals surface area contributed by atoms with Crippen molar-refractivity contribution in [3.8, 4) is 0 Å². The lowest BCUT2D eigenvalue weighted by Crippen LogP contribution is -2.06. The van der Waals surface area contributed by atoms with Crippen LogP contribution in [0.2, 0.25) is 0 Å². The second-order valence-electron chi connectivity index (χ2n) is 4.38. The Morgan fingerprint density at radius 3 is 2.94 bits per heavy atom. The highest BCUT2D eigenvalue weighted by atomic mass is 16.5. The number of aromatic nitrogens is 2. The van der Waals surface area contributed by atoms with Gasteiger partial charge in [0.1, 0.15) is 6.61 Å². The molecule has 0 spiro atoms. The zero-order chi connectivity index (χ0) is 12.5. The van der Waals surface area contributed by atoms with Gasteiger partial charge < -0.3 is 15.0 Å². The van der Waals surface area contributed by atoms with Crippen molar-refractivity contribution in [2.24, 2.45) is 11.7 Å². The Balaban J connectivity index is 2.25. The molecule has 5 heteroatoms. The average Bonchev–Trinajstić information content (AvgIpc) is 2.75. The Kier molecular flexibility index (Phi) is 6.81. The highest BCUT2D eigenvalue weighted by Gasteiger charge is 2.08. The third kappa shape index (κ3) is 5.79. The summed E-state index contributed by atoms with van der Waals surface area (Å²) in [7, 11) is 0. The molecule has 1 rings (SSSR count). The van der Waals surface area contributed by atoms with Crippen molar-refractivity contribution >= 4 is 0 Å². The van der Waals surface area contributed by atoms with Crippen molar-refractivity contribution in [1.82, 2.24) is 10.1 Å². The van der Waals surface area contributed by atoms with E-state index in [0.29, 0.717) is 24.2 Å². The first-order valence-electron chi connectivity index (χ1n) is 6.35. The lowest BCUT2D eigenvalue weighted by Gasteiger charge is -2.06. The maximum Gasteiger partial charge on any atom is 0.226 e. The molecule has 1 aromatic heterocycles. The van der Waals surface area contributed by atoms with Crippen LogP contribution in [0.1, 0.15) is 44.8 Å². The number of ether oxygens (including phenoxy) is 1. The SMILES string of the molecule is CCCOCc1noc(CCC(C)CCN)n1. The molecule has 0 aliphatic heterocycles. The van der Waals surface area contributed by atoms with Gasteiger partial charge in [0.2, 0.25) is 5.89 Å². The molecule has 0 saturated carbocycles. The molecule has 1 unspecified atom stereocenters. The van der Waals surface area contributed by atoms with Crippen molar-refractivity contribution in [3.05, 3.63) is 11.7 Å². The quantitative estimate of drug-likeness (QED) is 0.668. The molecule has 0 radical (unpaired) electrons. The third-order valence-electron chi connectivity index (χ3n) is 2.60. The maximum atomic E-state index is 5.50. The smallest absolute Gasteiger partial charge is 0.226 e. The lowest BCUT2D eigenvalue weighted by atomic mass is 10.0. The molecule has 0 saturated heterocycles. The minimum absolute atomic E-state index is 0.440. The molecule has 1 heterocycles. The zero-order valence-corrected chi connectivity index (χ0v) is 10.8. The van der Waals surface area contributed by atoms with E-state index in [0.717, 1.165) is 38.8 Å². The van der Waals surface area contributed by atoms with Crippen LogP contribution in [0.5, 0.6) is 0 Å². The van der Waals surface area contributed by atoms with E-state index in [4.69, 9.17) is 15.0 Å². The first-order chi connectivity index (χ1) is 8.26. The molecule has 17 heavy (non-hydrogen) atoms. The molecule has 5 nitrogen and oxygen atoms in total. The summed E-state index contributed by atoms with van der Waals surface area (Å²) in [5.41, 5.74) is 5.50. The summed E-state index contributed by atoms with van der Waals surface area (Å²) in [6.07, 6.45) is 3.90. The van der Waals surface area contributed by atoms with Gasteiger partial charge in [0, 0.05) is 13.0 Å². The number of nitrogens with two attached hydrogens (primary N) is 1. The number of nitrogens with zero attached hydrogens (tertiary/aromatic N) is 2. The monoisotopic (exact) mass is 241 g/mol. The number of hydrogen-bond donors (Lipinski definition) is 1. The molecule has 0 aromatic carbocycles. The van der Waals surface area contributed by atoms with E-state index in [9.17, 15) is 0 Å². The fourth-order valence-corrected chi connectivity index (χ4v) is 1.56. The van der Waals surface area contributed by atoms with Crippen LogP contribution in [0.4, 0.5) is 0 Å². The third-order valence-corrected chi connectivity index (χ3v) is 2.60. The summed E-state index contributed by atoms with van der Waals surface area (Å²) in [4.78, 5) is 4.28. The summed E-state index contributed by atoms with van der Waals surface area (Å²) in [5.74, 6) is 1.94. The molecular weight excluding hydrogens is 218 g/mol. The van der Waals surface area contributed by atoms with E-state index in [1.165, 1.54) is 0 Å². The summed E-state index contributed by atoms with van der Waals surface area (Å²) in [6, 6.07) is 0. The van der Waals surface area contributed by atoms with Crippen LogP contribution < -0.4 is 5.73 Å². The molecular formula is C12H23N3O2. The summed E-state index contributed by atoms with van der Waals surface area (Å²) in [6.45, 7) is 6.17. The molecule has 0 aliphatic carbocycles. The molecule has 1 aromatic rings. The van der Waals surface area contributed by atoms with Crippen molar-refractivity contribution in [2.45, 2.75) is 46.1 Å². The number of aryl methyl sites for hydroxylation is 1. The lowest BCUT2D eigenvalue weighted by molar-refractivity contribution is 0.114. The van der Waals surface area contributed by atoms with Crippen LogP contribution in [-0.4, -0.2) is 23.3 Å². The van der Waals surface area contributed by atoms with E-state index < -0.39 is 0 Å². The zero-order valence-electron chi connectivity index (χ0n) is 10.8. The Morgan fingerprint density at radius 2 is 2.24 bits per heavy atom. The Bertz CT molecular complexity index is 302. The van der Waals surface area contributed by atoms with Gasteiger partial charge in [-0.25, -0.2) is 0 Å². The molecule has 0 bridgehead atoms. The normalized spacial score (nSPS) is 12.9. The molecule has 2 N–H and O–H groups in total. The minimum Gasteiger partial charge on any atom is -0.373 e. The van der Waals surface area contributed by atoms with Crippen LogP contribution >= 0.6 is 0 Å². The average molecular weight is 241 g/mol. The van der Waals surface area contributed by atoms with Gasteiger partial charge in [-0.1, -0.05) is 19.0 Å². The van der Waals surface area contributed by atoms with Crippen molar-refractivity contribution < 1.29 is 9.26 Å². The second kappa shape index (κ2) is 8.20. The van der Waals surface area contributed by atoms with E-state index >= 15 is 0 Å². The largest absolute Gasteiger partial charge is 0.373 e. The standard InChI is InChI=1S/C12H23N3O2/c1-3-8-16-9-11-14-12(17-15-11)5-4-10(2)6-7-13/h10H,3-9,13H2,1-2H3. The maximum absolute atomic E-state index is 5.50. The Labute approximate surface area is 103 Å². The van der Waals surface area contributed by atoms with Crippen LogP contribution in [0.15, 0.2) is 4.52 Å². The highest BCUT2D eigenvalue weighted by Crippen LogP contribution is 2.11. The summed E-state index contributed by atoms with van der Waals surface area (Å²) < 4.78 is 10.5. The van der Waals surface area contributed by atoms with Gasteiger partial charge in [-0.2, -0.15) is 4.98 Å². The van der Waals surface area contributed by atoms with Gasteiger partial charge in [0.15, 0.2) is 5.82 Å². The number of rotatable bonds is 9. The predicted octanol–water partition coefficient (Wildman–Crippen LogP) is 1.91. The number of hydrogen-bond acceptors (Lipinski definition) is 5. The Hall–Kier alpha value is -0.940. The fourth-order valence-electron chi connectivity index (χ4n) is 1.56. The first kappa shape index (κ1) is 14.1. The fraction of sp³-hybridized carbons (Fsp3) is 0.833. The van der Waals surface area contributed by atoms with Gasteiger partial charge >= 0.3 is 0 Å². The Morgan fingerprint density at radius 1 is 1.41 bits per heavy atom. The van der Waals surface area contributed by atoms with Gasteiger partial charge in [-0.3, -0.25) is 0 Å². The summed E-state index contributed by atoms with van der Waals surface area (Å²) in [5, 5.41) is 3.88. The van der Waals surface area contributed by atoms with Crippen LogP contribution in [0, 0.1) is 5.92 Å². The van der Waals surface area contributed by atoms with Gasteiger partial charge in [-0.15, -0.1) is 0 Å². The van der Waals surface area contributed by atoms with Crippen LogP contribution in [0.25, 0.3) is 0 Å². The van der Waals surface area contributed by atoms with Gasteiger partial charge in [-0.05, 0) is 31.7 Å². The molecule has 1 atom stereocenters. The first-order valence-corrected chi connectivity index (χ1v) is 6.35. The van der Waals surface area contributed by atoms with Crippen molar-refractivity contribution in [1.29, 1.82) is 0 Å². The van der Waals surface area contributed by atoms with E-state index in [-0.39, 0.29) is 0 Å². The molecule has 0 amide bonds. The van der Waals surface area contributed by atoms with Crippen LogP contribution in [-0.2, 0) is 17.8 Å². The molecule has 98 valence electrons. The highest BCUT2D eigenvalue weighted by molar-refractivity contribution is 4.85. The topological polar surface area (TPSA) is 74.2 Å². The molecule has 0 fully saturated rings. The predicted molar refractivity (Wildman–Crippen MR) is 65.4 cm³/mol. The van der Waals surface area contributed by atoms with Crippen LogP contribution in [0.3, 0.4) is 0 Å². The van der Waals surface area contributed by atoms with E-state index in [1.54, 1.807) is 0 Å². The van der Waals surface area contributed by atoms with Crippen molar-refractivity contribution in [3.63, 3.8) is 0 Å². The van der Waals surface area contributed by atoms with E-state index in [1.807, 2.05) is 0 Å². The minimum atomic E-state index is 0.440. The van der Waals surface area contributed by atoms with E-state index in [2.05, 4.69) is 24.0 Å². The second-order valence-corrected chi connectivity index (χ2v) is 4.38. The van der Waals surface area contributed by atoms with Gasteiger partial charge in [0.05, 0.1) is 0 Å². The van der Waals surface area contributed by atoms with Crippen molar-refractivity contribution in [2.75, 3.05) is 13.2 Å².